The van der Waals surface area contributed by atoms with Crippen molar-refractivity contribution in [3.8, 4) is 5.75 Å². The summed E-state index contributed by atoms with van der Waals surface area (Å²) in [5, 5.41) is 8.91. The number of benzene rings is 2. The molecule has 0 aliphatic heterocycles. The molecule has 0 saturated heterocycles. The van der Waals surface area contributed by atoms with Gasteiger partial charge < -0.3 is 9.30 Å². The molecule has 5 nitrogen and oxygen atoms in total. The molecule has 1 aromatic heterocycles. The predicted octanol–water partition coefficient (Wildman–Crippen LogP) is 3.37. The van der Waals surface area contributed by atoms with Crippen molar-refractivity contribution in [1.82, 2.24) is 9.13 Å². The number of hydrogen-bond donors (Lipinski definition) is 1. The molecule has 122 valence electrons. The quantitative estimate of drug-likeness (QED) is 0.439. The smallest absolute Gasteiger partial charge is 0.331 e. The third-order valence-corrected chi connectivity index (χ3v) is 3.87. The van der Waals surface area contributed by atoms with E-state index in [1.165, 1.54) is 0 Å². The maximum Gasteiger partial charge on any atom is 0.331 e. The molecule has 0 aliphatic carbocycles. The highest BCUT2D eigenvalue weighted by atomic mass is 35.5. The van der Waals surface area contributed by atoms with Crippen LogP contribution in [0.25, 0.3) is 11.0 Å². The molecule has 24 heavy (non-hydrogen) atoms. The van der Waals surface area contributed by atoms with Crippen LogP contribution in [-0.2, 0) is 17.9 Å². The fraction of sp³-hybridized carbons (Fsp3) is 0.111. The molecule has 1 N–H and O–H groups in total. The van der Waals surface area contributed by atoms with Crippen LogP contribution in [0.2, 0.25) is 5.02 Å². The Bertz CT molecular complexity index is 955. The minimum Gasteiger partial charge on any atom is -0.425 e. The summed E-state index contributed by atoms with van der Waals surface area (Å²) in [6.45, 7) is 4.17. The van der Waals surface area contributed by atoms with Gasteiger partial charge in [0, 0.05) is 11.6 Å². The van der Waals surface area contributed by atoms with E-state index >= 15 is 0 Å². The number of nitrogens with zero attached hydrogens (tertiary/aromatic N) is 2. The standard InChI is InChI=1S/C18H16ClN3O2/c1-2-11-21-15-5-3-4-6-16(15)22(18(21)20)12-17(23)24-14-9-7-13(19)8-10-14/h2-10,20H,1,11-12H2. The zero-order chi connectivity index (χ0) is 17.1. The summed E-state index contributed by atoms with van der Waals surface area (Å²) in [4.78, 5) is 12.2. The molecule has 0 amide bonds. The van der Waals surface area contributed by atoms with Crippen LogP contribution < -0.4 is 10.4 Å². The predicted molar refractivity (Wildman–Crippen MR) is 93.1 cm³/mol. The fourth-order valence-corrected chi connectivity index (χ4v) is 2.69. The summed E-state index contributed by atoms with van der Waals surface area (Å²) >= 11 is 5.82. The van der Waals surface area contributed by atoms with Gasteiger partial charge in [0.2, 0.25) is 5.62 Å². The Hall–Kier alpha value is -2.79. The molecular weight excluding hydrogens is 326 g/mol. The van der Waals surface area contributed by atoms with Gasteiger partial charge in [-0.1, -0.05) is 29.8 Å². The third kappa shape index (κ3) is 3.12. The first kappa shape index (κ1) is 16.1. The minimum atomic E-state index is -0.447. The summed E-state index contributed by atoms with van der Waals surface area (Å²) < 4.78 is 8.73. The highest BCUT2D eigenvalue weighted by Crippen LogP contribution is 2.17. The summed E-state index contributed by atoms with van der Waals surface area (Å²) in [6, 6.07) is 14.1. The SMILES string of the molecule is C=CCn1c(=N)n(CC(=O)Oc2ccc(Cl)cc2)c2ccccc21. The maximum absolute atomic E-state index is 12.2. The number of hydrogen-bond acceptors (Lipinski definition) is 3. The molecule has 3 aromatic rings. The molecule has 1 heterocycles. The monoisotopic (exact) mass is 341 g/mol. The molecule has 0 atom stereocenters. The van der Waals surface area contributed by atoms with E-state index in [0.29, 0.717) is 17.3 Å². The molecule has 2 aromatic carbocycles. The van der Waals surface area contributed by atoms with Gasteiger partial charge >= 0.3 is 5.97 Å². The van der Waals surface area contributed by atoms with Crippen molar-refractivity contribution in [3.05, 3.63) is 71.8 Å². The van der Waals surface area contributed by atoms with E-state index in [1.807, 2.05) is 24.3 Å². The number of carbonyl (C=O) groups excluding carboxylic acids is 1. The highest BCUT2D eigenvalue weighted by Gasteiger charge is 2.14. The van der Waals surface area contributed by atoms with E-state index < -0.39 is 5.97 Å². The van der Waals surface area contributed by atoms with Gasteiger partial charge in [-0.3, -0.25) is 9.98 Å². The molecule has 3 rings (SSSR count). The number of para-hydroxylation sites is 2. The van der Waals surface area contributed by atoms with Crippen molar-refractivity contribution < 1.29 is 9.53 Å². The van der Waals surface area contributed by atoms with Gasteiger partial charge in [-0.2, -0.15) is 0 Å². The third-order valence-electron chi connectivity index (χ3n) is 3.62. The van der Waals surface area contributed by atoms with Crippen molar-refractivity contribution >= 4 is 28.6 Å². The number of aromatic nitrogens is 2. The van der Waals surface area contributed by atoms with Crippen LogP contribution in [0.5, 0.6) is 5.75 Å². The second-order valence-electron chi connectivity index (χ2n) is 5.23. The van der Waals surface area contributed by atoms with Crippen molar-refractivity contribution in [2.24, 2.45) is 0 Å². The lowest BCUT2D eigenvalue weighted by Gasteiger charge is -2.06. The van der Waals surface area contributed by atoms with Crippen LogP contribution >= 0.6 is 11.6 Å². The van der Waals surface area contributed by atoms with Crippen LogP contribution in [0.3, 0.4) is 0 Å². The zero-order valence-electron chi connectivity index (χ0n) is 12.9. The maximum atomic E-state index is 12.2. The molecule has 0 unspecified atom stereocenters. The molecule has 0 fully saturated rings. The molecule has 0 radical (unpaired) electrons. The van der Waals surface area contributed by atoms with Gasteiger partial charge in [0.1, 0.15) is 12.3 Å². The number of fused-ring (bicyclic) bond motifs is 1. The van der Waals surface area contributed by atoms with Crippen molar-refractivity contribution in [3.63, 3.8) is 0 Å². The molecule has 0 bridgehead atoms. The van der Waals surface area contributed by atoms with E-state index in [9.17, 15) is 4.79 Å². The van der Waals surface area contributed by atoms with E-state index in [-0.39, 0.29) is 12.2 Å². The van der Waals surface area contributed by atoms with E-state index in [4.69, 9.17) is 21.7 Å². The lowest BCUT2D eigenvalue weighted by molar-refractivity contribution is -0.135. The number of rotatable bonds is 5. The first-order chi connectivity index (χ1) is 11.6. The average molecular weight is 342 g/mol. The minimum absolute atomic E-state index is 0.0495. The van der Waals surface area contributed by atoms with Gasteiger partial charge in [-0.05, 0) is 36.4 Å². The Morgan fingerprint density at radius 2 is 1.75 bits per heavy atom. The Morgan fingerprint density at radius 3 is 2.38 bits per heavy atom. The topological polar surface area (TPSA) is 60.0 Å². The molecular formula is C18H16ClN3O2. The van der Waals surface area contributed by atoms with Crippen molar-refractivity contribution in [2.75, 3.05) is 0 Å². The van der Waals surface area contributed by atoms with Crippen LogP contribution in [0.1, 0.15) is 0 Å². The zero-order valence-corrected chi connectivity index (χ0v) is 13.7. The second-order valence-corrected chi connectivity index (χ2v) is 5.66. The summed E-state index contributed by atoms with van der Waals surface area (Å²) in [6.07, 6.45) is 1.72. The number of carbonyl (C=O) groups is 1. The number of nitrogens with one attached hydrogen (secondary N) is 1. The molecule has 0 aliphatic rings. The lowest BCUT2D eigenvalue weighted by Crippen LogP contribution is -2.28. The Kier molecular flexibility index (Phi) is 4.53. The van der Waals surface area contributed by atoms with Gasteiger partial charge in [0.15, 0.2) is 0 Å². The first-order valence-electron chi connectivity index (χ1n) is 7.40. The number of halogens is 1. The number of ether oxygens (including phenoxy) is 1. The second kappa shape index (κ2) is 6.76. The van der Waals surface area contributed by atoms with Gasteiger partial charge in [0.05, 0.1) is 11.0 Å². The molecule has 0 spiro atoms. The largest absolute Gasteiger partial charge is 0.425 e. The Morgan fingerprint density at radius 1 is 1.12 bits per heavy atom. The van der Waals surface area contributed by atoms with Gasteiger partial charge in [0.25, 0.3) is 0 Å². The summed E-state index contributed by atoms with van der Waals surface area (Å²) in [5.74, 6) is -0.0244. The van der Waals surface area contributed by atoms with Crippen LogP contribution in [0.4, 0.5) is 0 Å². The van der Waals surface area contributed by atoms with E-state index in [2.05, 4.69) is 6.58 Å². The Balaban J connectivity index is 1.90. The van der Waals surface area contributed by atoms with Gasteiger partial charge in [-0.15, -0.1) is 6.58 Å². The number of esters is 1. The van der Waals surface area contributed by atoms with E-state index in [0.717, 1.165) is 11.0 Å². The normalized spacial score (nSPS) is 10.7. The van der Waals surface area contributed by atoms with Crippen LogP contribution in [0, 0.1) is 5.41 Å². The van der Waals surface area contributed by atoms with Crippen LogP contribution in [-0.4, -0.2) is 15.1 Å². The molecule has 0 saturated carbocycles. The van der Waals surface area contributed by atoms with Crippen molar-refractivity contribution in [1.29, 1.82) is 5.41 Å². The summed E-state index contributed by atoms with van der Waals surface area (Å²) in [7, 11) is 0. The summed E-state index contributed by atoms with van der Waals surface area (Å²) in [5.41, 5.74) is 1.91. The lowest BCUT2D eigenvalue weighted by atomic mass is 10.3. The molecule has 6 heteroatoms. The highest BCUT2D eigenvalue weighted by molar-refractivity contribution is 6.30. The fourth-order valence-electron chi connectivity index (χ4n) is 2.56. The Labute approximate surface area is 143 Å². The number of allylic oxidation sites excluding steroid dienone is 1. The van der Waals surface area contributed by atoms with Crippen LogP contribution in [0.15, 0.2) is 61.2 Å². The van der Waals surface area contributed by atoms with Crippen molar-refractivity contribution in [2.45, 2.75) is 13.1 Å². The van der Waals surface area contributed by atoms with Gasteiger partial charge in [-0.25, -0.2) is 4.79 Å². The number of imidazole rings is 1. The van der Waals surface area contributed by atoms with E-state index in [1.54, 1.807) is 39.5 Å². The first-order valence-corrected chi connectivity index (χ1v) is 7.77. The average Bonchev–Trinajstić information content (AvgIpc) is 2.83.